The average molecular weight is 354 g/mol. The molecule has 0 aliphatic carbocycles. The maximum atomic E-state index is 12.3. The van der Waals surface area contributed by atoms with Crippen molar-refractivity contribution in [2.24, 2.45) is 0 Å². The summed E-state index contributed by atoms with van der Waals surface area (Å²) in [6.45, 7) is 1.85. The van der Waals surface area contributed by atoms with E-state index in [-0.39, 0.29) is 23.8 Å². The molecule has 0 saturated carbocycles. The number of aromatic carboxylic acids is 1. The molecule has 26 heavy (non-hydrogen) atoms. The first kappa shape index (κ1) is 19.2. The lowest BCUT2D eigenvalue weighted by atomic mass is 10.0. The molecule has 0 atom stereocenters. The molecule has 136 valence electrons. The summed E-state index contributed by atoms with van der Waals surface area (Å²) >= 11 is 0. The van der Waals surface area contributed by atoms with E-state index in [2.05, 4.69) is 5.32 Å². The fourth-order valence-electron chi connectivity index (χ4n) is 2.56. The van der Waals surface area contributed by atoms with Crippen LogP contribution in [0, 0.1) is 6.92 Å². The minimum Gasteiger partial charge on any atom is -0.478 e. The van der Waals surface area contributed by atoms with Gasteiger partial charge in [-0.15, -0.1) is 0 Å². The molecule has 0 fully saturated rings. The number of rotatable bonds is 6. The van der Waals surface area contributed by atoms with Gasteiger partial charge in [-0.25, -0.2) is 4.79 Å². The maximum Gasteiger partial charge on any atom is 0.335 e. The van der Waals surface area contributed by atoms with Gasteiger partial charge in [0.05, 0.1) is 5.56 Å². The van der Waals surface area contributed by atoms with Gasteiger partial charge in [0.25, 0.3) is 5.91 Å². The number of amides is 2. The van der Waals surface area contributed by atoms with Gasteiger partial charge in [-0.05, 0) is 42.7 Å². The van der Waals surface area contributed by atoms with E-state index in [1.54, 1.807) is 50.5 Å². The molecule has 2 N–H and O–H groups in total. The Morgan fingerprint density at radius 1 is 1.08 bits per heavy atom. The monoisotopic (exact) mass is 354 g/mol. The fourth-order valence-corrected chi connectivity index (χ4v) is 2.56. The van der Waals surface area contributed by atoms with Gasteiger partial charge in [0, 0.05) is 31.8 Å². The predicted octanol–water partition coefficient (Wildman–Crippen LogP) is 2.97. The van der Waals surface area contributed by atoms with Crippen LogP contribution >= 0.6 is 0 Å². The second-order valence-corrected chi connectivity index (χ2v) is 6.24. The first-order valence-electron chi connectivity index (χ1n) is 8.23. The number of carboxylic acid groups (broad SMARTS) is 1. The number of anilines is 1. The van der Waals surface area contributed by atoms with Gasteiger partial charge in [-0.1, -0.05) is 24.3 Å². The van der Waals surface area contributed by atoms with E-state index in [4.69, 9.17) is 0 Å². The van der Waals surface area contributed by atoms with Crippen LogP contribution in [0.25, 0.3) is 0 Å². The minimum atomic E-state index is -1.01. The fraction of sp³-hybridized carbons (Fsp3) is 0.250. The molecule has 6 nitrogen and oxygen atoms in total. The Balaban J connectivity index is 2.08. The zero-order chi connectivity index (χ0) is 19.3. The van der Waals surface area contributed by atoms with E-state index in [0.29, 0.717) is 23.2 Å². The van der Waals surface area contributed by atoms with Crippen molar-refractivity contribution in [3.63, 3.8) is 0 Å². The summed E-state index contributed by atoms with van der Waals surface area (Å²) in [7, 11) is 3.33. The summed E-state index contributed by atoms with van der Waals surface area (Å²) < 4.78 is 0. The van der Waals surface area contributed by atoms with Gasteiger partial charge in [-0.2, -0.15) is 0 Å². The standard InChI is InChI=1S/C20H22N2O4/c1-13-8-9-15(19(24)22(2)3)12-17(13)21-18(23)11-10-14-6-4-5-7-16(14)20(25)26/h4-9,12H,10-11H2,1-3H3,(H,21,23)(H,25,26). The van der Waals surface area contributed by atoms with Gasteiger partial charge in [0.1, 0.15) is 0 Å². The van der Waals surface area contributed by atoms with Crippen molar-refractivity contribution in [3.05, 3.63) is 64.7 Å². The highest BCUT2D eigenvalue weighted by atomic mass is 16.4. The highest BCUT2D eigenvalue weighted by Crippen LogP contribution is 2.19. The molecule has 6 heteroatoms. The number of carbonyl (C=O) groups is 3. The molecule has 0 radical (unpaired) electrons. The van der Waals surface area contributed by atoms with Gasteiger partial charge >= 0.3 is 5.97 Å². The average Bonchev–Trinajstić information content (AvgIpc) is 2.61. The Morgan fingerprint density at radius 2 is 1.77 bits per heavy atom. The Bertz CT molecular complexity index is 843. The van der Waals surface area contributed by atoms with Crippen LogP contribution in [0.2, 0.25) is 0 Å². The Labute approximate surface area is 152 Å². The summed E-state index contributed by atoms with van der Waals surface area (Å²) in [4.78, 5) is 37.0. The molecule has 0 aliphatic rings. The molecule has 0 aromatic heterocycles. The second-order valence-electron chi connectivity index (χ2n) is 6.24. The van der Waals surface area contributed by atoms with Crippen LogP contribution in [0.3, 0.4) is 0 Å². The molecular weight excluding hydrogens is 332 g/mol. The Morgan fingerprint density at radius 3 is 2.42 bits per heavy atom. The van der Waals surface area contributed by atoms with Crippen molar-refractivity contribution in [2.45, 2.75) is 19.8 Å². The lowest BCUT2D eigenvalue weighted by molar-refractivity contribution is -0.116. The minimum absolute atomic E-state index is 0.143. The van der Waals surface area contributed by atoms with Crippen molar-refractivity contribution >= 4 is 23.5 Å². The number of benzene rings is 2. The third-order valence-electron chi connectivity index (χ3n) is 4.03. The van der Waals surface area contributed by atoms with Crippen molar-refractivity contribution in [1.29, 1.82) is 0 Å². The van der Waals surface area contributed by atoms with E-state index in [1.807, 2.05) is 6.92 Å². The van der Waals surface area contributed by atoms with Crippen molar-refractivity contribution in [3.8, 4) is 0 Å². The lowest BCUT2D eigenvalue weighted by Gasteiger charge is -2.14. The van der Waals surface area contributed by atoms with Gasteiger partial charge < -0.3 is 15.3 Å². The summed E-state index contributed by atoms with van der Waals surface area (Å²) in [6, 6.07) is 11.8. The molecule has 0 heterocycles. The first-order chi connectivity index (χ1) is 12.3. The first-order valence-corrected chi connectivity index (χ1v) is 8.23. The molecule has 2 rings (SSSR count). The largest absolute Gasteiger partial charge is 0.478 e. The molecule has 0 bridgehead atoms. The summed E-state index contributed by atoms with van der Waals surface area (Å²) in [5.74, 6) is -1.38. The van der Waals surface area contributed by atoms with Crippen LogP contribution in [0.4, 0.5) is 5.69 Å². The van der Waals surface area contributed by atoms with Crippen LogP contribution in [0.15, 0.2) is 42.5 Å². The number of nitrogens with one attached hydrogen (secondary N) is 1. The third kappa shape index (κ3) is 4.69. The van der Waals surface area contributed by atoms with Crippen LogP contribution in [0.1, 0.15) is 38.3 Å². The maximum absolute atomic E-state index is 12.3. The summed E-state index contributed by atoms with van der Waals surface area (Å²) in [6.07, 6.45) is 0.471. The zero-order valence-corrected chi connectivity index (χ0v) is 15.1. The number of aryl methyl sites for hydroxylation is 2. The van der Waals surface area contributed by atoms with Crippen molar-refractivity contribution in [2.75, 3.05) is 19.4 Å². The van der Waals surface area contributed by atoms with Crippen LogP contribution in [-0.4, -0.2) is 41.9 Å². The van der Waals surface area contributed by atoms with E-state index in [9.17, 15) is 19.5 Å². The second kappa shape index (κ2) is 8.29. The molecule has 0 spiro atoms. The molecule has 0 saturated heterocycles. The van der Waals surface area contributed by atoms with Gasteiger partial charge in [-0.3, -0.25) is 9.59 Å². The number of hydrogen-bond acceptors (Lipinski definition) is 3. The smallest absolute Gasteiger partial charge is 0.335 e. The van der Waals surface area contributed by atoms with Crippen molar-refractivity contribution < 1.29 is 19.5 Å². The number of nitrogens with zero attached hydrogens (tertiary/aromatic N) is 1. The summed E-state index contributed by atoms with van der Waals surface area (Å²) in [5.41, 5.74) is 2.74. The number of carboxylic acids is 1. The van der Waals surface area contributed by atoms with Crippen LogP contribution in [0.5, 0.6) is 0 Å². The molecule has 0 unspecified atom stereocenters. The Hall–Kier alpha value is -3.15. The molecular formula is C20H22N2O4. The number of carbonyl (C=O) groups excluding carboxylic acids is 2. The van der Waals surface area contributed by atoms with Crippen molar-refractivity contribution in [1.82, 2.24) is 4.90 Å². The highest BCUT2D eigenvalue weighted by Gasteiger charge is 2.13. The van der Waals surface area contributed by atoms with Gasteiger partial charge in [0.2, 0.25) is 5.91 Å². The van der Waals surface area contributed by atoms with E-state index in [0.717, 1.165) is 5.56 Å². The molecule has 0 aliphatic heterocycles. The quantitative estimate of drug-likeness (QED) is 0.835. The SMILES string of the molecule is Cc1ccc(C(=O)N(C)C)cc1NC(=O)CCc1ccccc1C(=O)O. The highest BCUT2D eigenvalue weighted by molar-refractivity contribution is 5.97. The zero-order valence-electron chi connectivity index (χ0n) is 15.1. The summed E-state index contributed by atoms with van der Waals surface area (Å²) in [5, 5.41) is 12.0. The van der Waals surface area contributed by atoms with E-state index < -0.39 is 5.97 Å². The van der Waals surface area contributed by atoms with Crippen LogP contribution < -0.4 is 5.32 Å². The Kier molecular flexibility index (Phi) is 6.11. The van der Waals surface area contributed by atoms with E-state index in [1.165, 1.54) is 11.0 Å². The molecule has 2 aromatic carbocycles. The topological polar surface area (TPSA) is 86.7 Å². The van der Waals surface area contributed by atoms with E-state index >= 15 is 0 Å². The normalized spacial score (nSPS) is 10.3. The molecule has 2 aromatic rings. The third-order valence-corrected chi connectivity index (χ3v) is 4.03. The predicted molar refractivity (Wildman–Crippen MR) is 99.5 cm³/mol. The van der Waals surface area contributed by atoms with Crippen LogP contribution in [-0.2, 0) is 11.2 Å². The molecule has 2 amide bonds. The lowest BCUT2D eigenvalue weighted by Crippen LogP contribution is -2.22. The van der Waals surface area contributed by atoms with Gasteiger partial charge in [0.15, 0.2) is 0 Å². The number of hydrogen-bond donors (Lipinski definition) is 2.